The Balaban J connectivity index is 1.96. The molecular weight excluding hydrogens is 384 g/mol. The second-order valence-electron chi connectivity index (χ2n) is 5.79. The molecular formula is C21H21F2NO5. The summed E-state index contributed by atoms with van der Waals surface area (Å²) in [7, 11) is 0. The highest BCUT2D eigenvalue weighted by atomic mass is 19.3. The molecule has 2 aromatic rings. The van der Waals surface area contributed by atoms with Gasteiger partial charge in [-0.3, -0.25) is 4.79 Å². The third-order valence-electron chi connectivity index (χ3n) is 3.60. The maximum absolute atomic E-state index is 12.4. The van der Waals surface area contributed by atoms with Crippen molar-refractivity contribution in [3.8, 4) is 11.5 Å². The topological polar surface area (TPSA) is 73.9 Å². The third-order valence-corrected chi connectivity index (χ3v) is 3.60. The van der Waals surface area contributed by atoms with Gasteiger partial charge >= 0.3 is 12.6 Å². The minimum absolute atomic E-state index is 0.104. The second-order valence-corrected chi connectivity index (χ2v) is 5.79. The van der Waals surface area contributed by atoms with Gasteiger partial charge in [-0.05, 0) is 49.8 Å². The molecule has 0 bridgehead atoms. The van der Waals surface area contributed by atoms with Gasteiger partial charge in [-0.1, -0.05) is 24.3 Å². The Labute approximate surface area is 167 Å². The zero-order chi connectivity index (χ0) is 21.2. The molecule has 0 saturated carbocycles. The highest BCUT2D eigenvalue weighted by molar-refractivity contribution is 5.96. The lowest BCUT2D eigenvalue weighted by molar-refractivity contribution is -0.148. The van der Waals surface area contributed by atoms with Gasteiger partial charge in [0.1, 0.15) is 0 Å². The Morgan fingerprint density at radius 1 is 1.10 bits per heavy atom. The quantitative estimate of drug-likeness (QED) is 0.498. The lowest BCUT2D eigenvalue weighted by Crippen LogP contribution is -2.29. The summed E-state index contributed by atoms with van der Waals surface area (Å²) < 4.78 is 39.6. The number of benzene rings is 2. The van der Waals surface area contributed by atoms with Crippen molar-refractivity contribution in [2.75, 3.05) is 11.9 Å². The average Bonchev–Trinajstić information content (AvgIpc) is 2.68. The molecule has 154 valence electrons. The van der Waals surface area contributed by atoms with Gasteiger partial charge in [0.25, 0.3) is 5.91 Å². The van der Waals surface area contributed by atoms with Gasteiger partial charge in [0.05, 0.1) is 6.61 Å². The first-order chi connectivity index (χ1) is 13.9. The van der Waals surface area contributed by atoms with Crippen LogP contribution in [0, 0.1) is 0 Å². The number of halogens is 2. The zero-order valence-corrected chi connectivity index (χ0v) is 15.9. The van der Waals surface area contributed by atoms with Crippen molar-refractivity contribution in [2.24, 2.45) is 0 Å². The third kappa shape index (κ3) is 7.25. The standard InChI is InChI=1S/C21H21F2NO5/c1-3-27-18-13-15(9-11-17(18)29-21(22)23)10-12-19(25)28-14(2)20(26)24-16-7-5-4-6-8-16/h4-14,21H,3H2,1-2H3,(H,24,26)/b12-10+/t14-/m1/s1. The number of nitrogens with one attached hydrogen (secondary N) is 1. The Bertz CT molecular complexity index is 855. The zero-order valence-electron chi connectivity index (χ0n) is 15.9. The minimum Gasteiger partial charge on any atom is -0.490 e. The molecule has 0 unspecified atom stereocenters. The van der Waals surface area contributed by atoms with Crippen LogP contribution in [-0.4, -0.2) is 31.2 Å². The van der Waals surface area contributed by atoms with Crippen molar-refractivity contribution in [1.82, 2.24) is 0 Å². The first-order valence-corrected chi connectivity index (χ1v) is 8.85. The number of alkyl halides is 2. The summed E-state index contributed by atoms with van der Waals surface area (Å²) >= 11 is 0. The summed E-state index contributed by atoms with van der Waals surface area (Å²) in [6.07, 6.45) is 1.54. The van der Waals surface area contributed by atoms with Gasteiger partial charge in [-0.2, -0.15) is 8.78 Å². The predicted octanol–water partition coefficient (Wildman–Crippen LogP) is 4.27. The molecule has 0 saturated heterocycles. The number of rotatable bonds is 9. The number of anilines is 1. The molecule has 8 heteroatoms. The SMILES string of the molecule is CCOc1cc(/C=C/C(=O)O[C@H](C)C(=O)Nc2ccccc2)ccc1OC(F)F. The van der Waals surface area contributed by atoms with E-state index >= 15 is 0 Å². The molecule has 29 heavy (non-hydrogen) atoms. The smallest absolute Gasteiger partial charge is 0.387 e. The molecule has 0 radical (unpaired) electrons. The summed E-state index contributed by atoms with van der Waals surface area (Å²) in [5, 5.41) is 2.63. The lowest BCUT2D eigenvalue weighted by atomic mass is 10.2. The van der Waals surface area contributed by atoms with Crippen LogP contribution in [0.2, 0.25) is 0 Å². The van der Waals surface area contributed by atoms with Crippen molar-refractivity contribution < 1.29 is 32.6 Å². The van der Waals surface area contributed by atoms with Gasteiger partial charge in [0.15, 0.2) is 17.6 Å². The Morgan fingerprint density at radius 3 is 2.48 bits per heavy atom. The first kappa shape index (κ1) is 21.9. The number of hydrogen-bond acceptors (Lipinski definition) is 5. The molecule has 0 spiro atoms. The fourth-order valence-corrected chi connectivity index (χ4v) is 2.29. The van der Waals surface area contributed by atoms with E-state index in [1.165, 1.54) is 31.2 Å². The molecule has 6 nitrogen and oxygen atoms in total. The Kier molecular flexibility index (Phi) is 8.14. The van der Waals surface area contributed by atoms with Crippen molar-refractivity contribution >= 4 is 23.6 Å². The summed E-state index contributed by atoms with van der Waals surface area (Å²) in [5.41, 5.74) is 1.10. The van der Waals surface area contributed by atoms with Crippen LogP contribution >= 0.6 is 0 Å². The molecule has 0 fully saturated rings. The lowest BCUT2D eigenvalue weighted by Gasteiger charge is -2.12. The van der Waals surface area contributed by atoms with Crippen LogP contribution in [0.25, 0.3) is 6.08 Å². The summed E-state index contributed by atoms with van der Waals surface area (Å²) in [6.45, 7) is 0.429. The summed E-state index contributed by atoms with van der Waals surface area (Å²) in [5.74, 6) is -1.18. The van der Waals surface area contributed by atoms with Crippen molar-refractivity contribution in [1.29, 1.82) is 0 Å². The van der Waals surface area contributed by atoms with E-state index in [1.54, 1.807) is 31.2 Å². The molecule has 2 rings (SSSR count). The van der Waals surface area contributed by atoms with E-state index in [4.69, 9.17) is 9.47 Å². The molecule has 1 N–H and O–H groups in total. The van der Waals surface area contributed by atoms with E-state index < -0.39 is 24.6 Å². The summed E-state index contributed by atoms with van der Waals surface area (Å²) in [4.78, 5) is 24.0. The summed E-state index contributed by atoms with van der Waals surface area (Å²) in [6, 6.07) is 13.0. The number of ether oxygens (including phenoxy) is 3. The van der Waals surface area contributed by atoms with Gasteiger partial charge in [-0.15, -0.1) is 0 Å². The molecule has 0 heterocycles. The molecule has 1 amide bonds. The Hall–Kier alpha value is -3.42. The molecule has 1 atom stereocenters. The first-order valence-electron chi connectivity index (χ1n) is 8.85. The number of amides is 1. The number of hydrogen-bond donors (Lipinski definition) is 1. The van der Waals surface area contributed by atoms with Gasteiger partial charge in [0, 0.05) is 11.8 Å². The van der Waals surface area contributed by atoms with Crippen molar-refractivity contribution in [3.05, 3.63) is 60.2 Å². The van der Waals surface area contributed by atoms with Crippen LogP contribution in [0.1, 0.15) is 19.4 Å². The number of carbonyl (C=O) groups excluding carboxylic acids is 2. The molecule has 0 aromatic heterocycles. The van der Waals surface area contributed by atoms with Crippen LogP contribution in [0.15, 0.2) is 54.6 Å². The highest BCUT2D eigenvalue weighted by Crippen LogP contribution is 2.30. The highest BCUT2D eigenvalue weighted by Gasteiger charge is 2.16. The van der Waals surface area contributed by atoms with E-state index in [9.17, 15) is 18.4 Å². The van der Waals surface area contributed by atoms with E-state index in [-0.39, 0.29) is 18.1 Å². The number of carbonyl (C=O) groups is 2. The predicted molar refractivity (Wildman–Crippen MR) is 104 cm³/mol. The van der Waals surface area contributed by atoms with E-state index in [2.05, 4.69) is 10.1 Å². The largest absolute Gasteiger partial charge is 0.490 e. The fraction of sp³-hybridized carbons (Fsp3) is 0.238. The molecule has 2 aromatic carbocycles. The van der Waals surface area contributed by atoms with Gasteiger partial charge in [0.2, 0.25) is 0 Å². The van der Waals surface area contributed by atoms with E-state index in [1.807, 2.05) is 6.07 Å². The molecule has 0 aliphatic heterocycles. The minimum atomic E-state index is -2.98. The van der Waals surface area contributed by atoms with Crippen LogP contribution < -0.4 is 14.8 Å². The monoisotopic (exact) mass is 405 g/mol. The van der Waals surface area contributed by atoms with Crippen LogP contribution in [0.4, 0.5) is 14.5 Å². The Morgan fingerprint density at radius 2 is 1.83 bits per heavy atom. The second kappa shape index (κ2) is 10.8. The van der Waals surface area contributed by atoms with Crippen molar-refractivity contribution in [2.45, 2.75) is 26.6 Å². The number of para-hydroxylation sites is 1. The fourth-order valence-electron chi connectivity index (χ4n) is 2.29. The van der Waals surface area contributed by atoms with Crippen LogP contribution in [-0.2, 0) is 14.3 Å². The maximum Gasteiger partial charge on any atom is 0.387 e. The van der Waals surface area contributed by atoms with Crippen LogP contribution in [0.3, 0.4) is 0 Å². The van der Waals surface area contributed by atoms with E-state index in [0.717, 1.165) is 6.08 Å². The van der Waals surface area contributed by atoms with Gasteiger partial charge in [-0.25, -0.2) is 4.79 Å². The number of esters is 1. The molecule has 0 aliphatic carbocycles. The van der Waals surface area contributed by atoms with E-state index in [0.29, 0.717) is 11.3 Å². The van der Waals surface area contributed by atoms with Crippen molar-refractivity contribution in [3.63, 3.8) is 0 Å². The maximum atomic E-state index is 12.4. The normalized spacial score (nSPS) is 11.9. The van der Waals surface area contributed by atoms with Gasteiger partial charge < -0.3 is 19.5 Å². The average molecular weight is 405 g/mol. The molecule has 0 aliphatic rings. The van der Waals surface area contributed by atoms with Crippen LogP contribution in [0.5, 0.6) is 11.5 Å².